The number of hydrogen-bond donors (Lipinski definition) is 0. The Morgan fingerprint density at radius 1 is 0.524 bits per heavy atom. The van der Waals surface area contributed by atoms with Crippen molar-refractivity contribution in [1.82, 2.24) is 15.0 Å². The van der Waals surface area contributed by atoms with Crippen LogP contribution >= 0.6 is 11.6 Å². The SMILES string of the molecule is Clc1ccc2c(c1)-c1ccccc1C2(c1ccccc1)c1nc2c(-c3ccccc3)nccc2nc1-c1ccccc1. The fourth-order valence-corrected chi connectivity index (χ4v) is 6.67. The highest BCUT2D eigenvalue weighted by Crippen LogP contribution is 2.57. The van der Waals surface area contributed by atoms with Gasteiger partial charge < -0.3 is 0 Å². The lowest BCUT2D eigenvalue weighted by molar-refractivity contribution is 0.737. The molecule has 0 saturated heterocycles. The molecule has 0 amide bonds. The van der Waals surface area contributed by atoms with E-state index in [0.29, 0.717) is 5.02 Å². The van der Waals surface area contributed by atoms with Crippen LogP contribution in [0, 0.1) is 0 Å². The van der Waals surface area contributed by atoms with E-state index in [1.807, 2.05) is 42.6 Å². The lowest BCUT2D eigenvalue weighted by Crippen LogP contribution is -2.31. The molecule has 1 aliphatic carbocycles. The minimum Gasteiger partial charge on any atom is -0.254 e. The van der Waals surface area contributed by atoms with Gasteiger partial charge in [-0.15, -0.1) is 0 Å². The van der Waals surface area contributed by atoms with Crippen LogP contribution in [0.15, 0.2) is 146 Å². The van der Waals surface area contributed by atoms with Gasteiger partial charge >= 0.3 is 0 Å². The fourth-order valence-electron chi connectivity index (χ4n) is 6.50. The summed E-state index contributed by atoms with van der Waals surface area (Å²) in [6, 6.07) is 48.0. The number of hydrogen-bond acceptors (Lipinski definition) is 3. The molecule has 4 heteroatoms. The Morgan fingerprint density at radius 2 is 1.14 bits per heavy atom. The van der Waals surface area contributed by atoms with E-state index < -0.39 is 5.41 Å². The molecule has 0 aliphatic heterocycles. The van der Waals surface area contributed by atoms with Gasteiger partial charge in [0.2, 0.25) is 0 Å². The molecule has 0 radical (unpaired) electrons. The molecule has 0 N–H and O–H groups in total. The zero-order valence-electron chi connectivity index (χ0n) is 22.6. The number of aromatic nitrogens is 3. The number of halogens is 1. The van der Waals surface area contributed by atoms with Crippen LogP contribution in [-0.4, -0.2) is 15.0 Å². The van der Waals surface area contributed by atoms with Crippen molar-refractivity contribution in [2.75, 3.05) is 0 Å². The summed E-state index contributed by atoms with van der Waals surface area (Å²) in [5, 5.41) is 0.704. The lowest BCUT2D eigenvalue weighted by atomic mass is 9.68. The van der Waals surface area contributed by atoms with Gasteiger partial charge in [-0.1, -0.05) is 133 Å². The highest BCUT2D eigenvalue weighted by molar-refractivity contribution is 6.31. The summed E-state index contributed by atoms with van der Waals surface area (Å²) >= 11 is 6.63. The third-order valence-corrected chi connectivity index (χ3v) is 8.48. The van der Waals surface area contributed by atoms with E-state index in [2.05, 4.69) is 103 Å². The minimum atomic E-state index is -0.742. The van der Waals surface area contributed by atoms with Crippen molar-refractivity contribution >= 4 is 22.6 Å². The van der Waals surface area contributed by atoms with E-state index in [1.165, 1.54) is 0 Å². The average Bonchev–Trinajstić information content (AvgIpc) is 3.35. The molecule has 3 nitrogen and oxygen atoms in total. The predicted octanol–water partition coefficient (Wildman–Crippen LogP) is 9.38. The second-order valence-corrected chi connectivity index (χ2v) is 11.0. The van der Waals surface area contributed by atoms with Crippen molar-refractivity contribution in [2.45, 2.75) is 5.41 Å². The Labute approximate surface area is 249 Å². The van der Waals surface area contributed by atoms with Crippen LogP contribution in [-0.2, 0) is 5.41 Å². The van der Waals surface area contributed by atoms with Crippen LogP contribution in [0.4, 0.5) is 0 Å². The van der Waals surface area contributed by atoms with Gasteiger partial charge in [-0.2, -0.15) is 0 Å². The van der Waals surface area contributed by atoms with Gasteiger partial charge in [0.15, 0.2) is 0 Å². The first-order valence-corrected chi connectivity index (χ1v) is 14.4. The zero-order valence-corrected chi connectivity index (χ0v) is 23.3. The summed E-state index contributed by atoms with van der Waals surface area (Å²) < 4.78 is 0. The van der Waals surface area contributed by atoms with Crippen LogP contribution < -0.4 is 0 Å². The quantitative estimate of drug-likeness (QED) is 0.216. The fraction of sp³-hybridized carbons (Fsp3) is 0.0263. The number of pyridine rings is 1. The molecule has 7 aromatic rings. The van der Waals surface area contributed by atoms with E-state index in [0.717, 1.165) is 67.1 Å². The van der Waals surface area contributed by atoms with E-state index in [-0.39, 0.29) is 0 Å². The van der Waals surface area contributed by atoms with Crippen molar-refractivity contribution in [3.8, 4) is 33.6 Å². The van der Waals surface area contributed by atoms with Gasteiger partial charge in [-0.3, -0.25) is 4.98 Å². The highest BCUT2D eigenvalue weighted by Gasteiger charge is 2.49. The van der Waals surface area contributed by atoms with Crippen LogP contribution in [0.2, 0.25) is 5.02 Å². The van der Waals surface area contributed by atoms with E-state index >= 15 is 0 Å². The molecule has 0 saturated carbocycles. The summed E-state index contributed by atoms with van der Waals surface area (Å²) in [6.45, 7) is 0. The van der Waals surface area contributed by atoms with Gasteiger partial charge in [-0.05, 0) is 46.0 Å². The molecule has 1 unspecified atom stereocenters. The summed E-state index contributed by atoms with van der Waals surface area (Å²) in [6.07, 6.45) is 1.82. The number of fused-ring (bicyclic) bond motifs is 4. The maximum Gasteiger partial charge on any atom is 0.115 e. The molecule has 1 aliphatic rings. The second-order valence-electron chi connectivity index (χ2n) is 10.5. The molecule has 8 rings (SSSR count). The Kier molecular flexibility index (Phi) is 5.73. The first kappa shape index (κ1) is 24.7. The average molecular weight is 558 g/mol. The molecule has 2 aromatic heterocycles. The first-order chi connectivity index (χ1) is 20.7. The Balaban J connectivity index is 1.58. The maximum absolute atomic E-state index is 6.63. The minimum absolute atomic E-state index is 0.704. The molecular weight excluding hydrogens is 534 g/mol. The zero-order chi connectivity index (χ0) is 28.1. The highest BCUT2D eigenvalue weighted by atomic mass is 35.5. The van der Waals surface area contributed by atoms with Crippen molar-refractivity contribution in [1.29, 1.82) is 0 Å². The standard InChI is InChI=1S/C38H24ClN3/c39-28-20-21-32-30(24-28)29-18-10-11-19-31(29)38(32,27-16-8-3-9-17-27)37-35(26-14-6-2-7-15-26)41-33-22-23-40-34(36(33)42-37)25-12-4-1-5-13-25/h1-24H. The summed E-state index contributed by atoms with van der Waals surface area (Å²) in [4.78, 5) is 15.8. The number of nitrogens with zero attached hydrogens (tertiary/aromatic N) is 3. The van der Waals surface area contributed by atoms with Gasteiger partial charge in [0.1, 0.15) is 5.52 Å². The van der Waals surface area contributed by atoms with E-state index in [9.17, 15) is 0 Å². The summed E-state index contributed by atoms with van der Waals surface area (Å²) in [7, 11) is 0. The Morgan fingerprint density at radius 3 is 1.88 bits per heavy atom. The van der Waals surface area contributed by atoms with E-state index in [4.69, 9.17) is 26.6 Å². The molecule has 42 heavy (non-hydrogen) atoms. The Hall–Kier alpha value is -5.12. The summed E-state index contributed by atoms with van der Waals surface area (Å²) in [5.41, 5.74) is 11.0. The molecule has 0 spiro atoms. The largest absolute Gasteiger partial charge is 0.254 e. The van der Waals surface area contributed by atoms with Crippen LogP contribution in [0.1, 0.15) is 22.4 Å². The summed E-state index contributed by atoms with van der Waals surface area (Å²) in [5.74, 6) is 0. The van der Waals surface area contributed by atoms with Crippen LogP contribution in [0.25, 0.3) is 44.7 Å². The van der Waals surface area contributed by atoms with Crippen molar-refractivity contribution < 1.29 is 0 Å². The van der Waals surface area contributed by atoms with Gasteiger partial charge in [0.25, 0.3) is 0 Å². The van der Waals surface area contributed by atoms with E-state index in [1.54, 1.807) is 0 Å². The molecule has 0 bridgehead atoms. The van der Waals surface area contributed by atoms with Crippen LogP contribution in [0.3, 0.4) is 0 Å². The lowest BCUT2D eigenvalue weighted by Gasteiger charge is -2.34. The molecule has 2 heterocycles. The molecule has 5 aromatic carbocycles. The van der Waals surface area contributed by atoms with Crippen molar-refractivity contribution in [3.05, 3.63) is 173 Å². The number of benzene rings is 5. The van der Waals surface area contributed by atoms with Crippen LogP contribution in [0.5, 0.6) is 0 Å². The maximum atomic E-state index is 6.63. The first-order valence-electron chi connectivity index (χ1n) is 14.0. The molecule has 198 valence electrons. The third kappa shape index (κ3) is 3.64. The normalized spacial score (nSPS) is 15.4. The topological polar surface area (TPSA) is 38.7 Å². The monoisotopic (exact) mass is 557 g/mol. The molecule has 0 fully saturated rings. The van der Waals surface area contributed by atoms with Crippen molar-refractivity contribution in [3.63, 3.8) is 0 Å². The molecular formula is C38H24ClN3. The smallest absolute Gasteiger partial charge is 0.115 e. The van der Waals surface area contributed by atoms with Gasteiger partial charge in [0, 0.05) is 22.3 Å². The Bertz CT molecular complexity index is 2090. The second kappa shape index (κ2) is 9.76. The number of rotatable bonds is 4. The van der Waals surface area contributed by atoms with Crippen molar-refractivity contribution in [2.24, 2.45) is 0 Å². The van der Waals surface area contributed by atoms with Gasteiger partial charge in [0.05, 0.1) is 28.0 Å². The third-order valence-electron chi connectivity index (χ3n) is 8.25. The van der Waals surface area contributed by atoms with Gasteiger partial charge in [-0.25, -0.2) is 9.97 Å². The molecule has 1 atom stereocenters. The predicted molar refractivity (Wildman–Crippen MR) is 171 cm³/mol.